The summed E-state index contributed by atoms with van der Waals surface area (Å²) in [5, 5.41) is 3.19. The summed E-state index contributed by atoms with van der Waals surface area (Å²) in [5.41, 5.74) is 5.86. The summed E-state index contributed by atoms with van der Waals surface area (Å²) < 4.78 is 0. The number of hydrogen-bond acceptors (Lipinski definition) is 4. The first kappa shape index (κ1) is 21.4. The third-order valence-corrected chi connectivity index (χ3v) is 4.83. The normalized spacial score (nSPS) is 11.6. The zero-order valence-corrected chi connectivity index (χ0v) is 17.6. The molecule has 0 spiro atoms. The van der Waals surface area contributed by atoms with E-state index >= 15 is 0 Å². The fraction of sp³-hybridized carbons (Fsp3) is 0.348. The zero-order valence-electron chi connectivity index (χ0n) is 17.6. The van der Waals surface area contributed by atoms with E-state index in [9.17, 15) is 9.59 Å². The molecule has 0 radical (unpaired) electrons. The lowest BCUT2D eigenvalue weighted by molar-refractivity contribution is -0.113. The Kier molecular flexibility index (Phi) is 7.10. The van der Waals surface area contributed by atoms with Gasteiger partial charge in [-0.2, -0.15) is 0 Å². The highest BCUT2D eigenvalue weighted by Gasteiger charge is 2.18. The van der Waals surface area contributed by atoms with Gasteiger partial charge in [-0.15, -0.1) is 0 Å². The highest BCUT2D eigenvalue weighted by molar-refractivity contribution is 6.23. The van der Waals surface area contributed by atoms with Gasteiger partial charge in [-0.05, 0) is 37.6 Å². The number of amides is 1. The van der Waals surface area contributed by atoms with Gasteiger partial charge in [-0.3, -0.25) is 14.6 Å². The van der Waals surface area contributed by atoms with Crippen LogP contribution in [-0.4, -0.2) is 42.7 Å². The van der Waals surface area contributed by atoms with Gasteiger partial charge in [0.15, 0.2) is 5.78 Å². The van der Waals surface area contributed by atoms with Crippen LogP contribution in [0, 0.1) is 0 Å². The Morgan fingerprint density at radius 1 is 1.07 bits per heavy atom. The van der Waals surface area contributed by atoms with Crippen LogP contribution >= 0.6 is 0 Å². The molecule has 0 atom stereocenters. The number of anilines is 1. The van der Waals surface area contributed by atoms with Crippen molar-refractivity contribution in [2.75, 3.05) is 26.5 Å². The molecule has 148 valence electrons. The number of nitrogens with zero attached hydrogens (tertiary/aromatic N) is 2. The fourth-order valence-corrected chi connectivity index (χ4v) is 3.05. The SMILES string of the molecule is CCC(=O)C(=C(C)CC)c1cc(-c2ccc(C(=O)N(C)C)cn2)ccc1NC. The van der Waals surface area contributed by atoms with Crippen molar-refractivity contribution >= 4 is 23.0 Å². The van der Waals surface area contributed by atoms with Crippen LogP contribution in [0.3, 0.4) is 0 Å². The molecule has 0 aliphatic carbocycles. The molecule has 2 rings (SSSR count). The molecule has 1 aromatic heterocycles. The number of Topliss-reactive ketones (excluding diaryl/α,β-unsaturated/α-hetero) is 1. The van der Waals surface area contributed by atoms with Crippen LogP contribution < -0.4 is 5.32 Å². The van der Waals surface area contributed by atoms with Gasteiger partial charge in [0.05, 0.1) is 11.3 Å². The second-order valence-corrected chi connectivity index (χ2v) is 6.93. The number of hydrogen-bond donors (Lipinski definition) is 1. The summed E-state index contributed by atoms with van der Waals surface area (Å²) in [5.74, 6) is 0.0514. The maximum atomic E-state index is 12.7. The van der Waals surface area contributed by atoms with Gasteiger partial charge >= 0.3 is 0 Å². The van der Waals surface area contributed by atoms with E-state index in [0.29, 0.717) is 12.0 Å². The third kappa shape index (κ3) is 4.47. The molecular formula is C23H29N3O2. The highest BCUT2D eigenvalue weighted by Crippen LogP contribution is 2.33. The number of carbonyl (C=O) groups excluding carboxylic acids is 2. The summed E-state index contributed by atoms with van der Waals surface area (Å²) >= 11 is 0. The lowest BCUT2D eigenvalue weighted by Crippen LogP contribution is -2.21. The van der Waals surface area contributed by atoms with Gasteiger partial charge < -0.3 is 10.2 Å². The summed E-state index contributed by atoms with van der Waals surface area (Å²) in [4.78, 5) is 30.7. The summed E-state index contributed by atoms with van der Waals surface area (Å²) in [7, 11) is 5.29. The van der Waals surface area contributed by atoms with Crippen molar-refractivity contribution in [3.63, 3.8) is 0 Å². The number of nitrogens with one attached hydrogen (secondary N) is 1. The van der Waals surface area contributed by atoms with Crippen LogP contribution in [0.25, 0.3) is 16.8 Å². The van der Waals surface area contributed by atoms with Crippen LogP contribution in [0.2, 0.25) is 0 Å². The average Bonchev–Trinajstić information content (AvgIpc) is 2.72. The molecular weight excluding hydrogens is 350 g/mol. The second kappa shape index (κ2) is 9.31. The quantitative estimate of drug-likeness (QED) is 0.711. The summed E-state index contributed by atoms with van der Waals surface area (Å²) in [6.45, 7) is 5.95. The molecule has 5 nitrogen and oxygen atoms in total. The lowest BCUT2D eigenvalue weighted by Gasteiger charge is -2.16. The zero-order chi connectivity index (χ0) is 20.8. The van der Waals surface area contributed by atoms with Gasteiger partial charge in [-0.25, -0.2) is 0 Å². The topological polar surface area (TPSA) is 62.3 Å². The molecule has 5 heteroatoms. The van der Waals surface area contributed by atoms with Gasteiger partial charge in [-0.1, -0.05) is 25.5 Å². The molecule has 1 heterocycles. The number of carbonyl (C=O) groups is 2. The number of ketones is 1. The van der Waals surface area contributed by atoms with E-state index < -0.39 is 0 Å². The number of benzene rings is 1. The molecule has 0 aliphatic rings. The Labute approximate surface area is 167 Å². The molecule has 1 amide bonds. The summed E-state index contributed by atoms with van der Waals surface area (Å²) in [6, 6.07) is 9.56. The van der Waals surface area contributed by atoms with Crippen molar-refractivity contribution in [2.45, 2.75) is 33.6 Å². The van der Waals surface area contributed by atoms with Crippen molar-refractivity contribution in [3.05, 3.63) is 53.2 Å². The standard InChI is InChI=1S/C23H29N3O2/c1-7-15(3)22(21(27)8-2)18-13-16(9-12-20(18)24-4)19-11-10-17(14-25-19)23(28)26(5)6/h9-14,24H,7-8H2,1-6H3. The van der Waals surface area contributed by atoms with Crippen LogP contribution in [0.4, 0.5) is 5.69 Å². The van der Waals surface area contributed by atoms with E-state index in [2.05, 4.69) is 17.2 Å². The number of allylic oxidation sites excluding steroid dienone is 2. The molecule has 0 aliphatic heterocycles. The van der Waals surface area contributed by atoms with Crippen molar-refractivity contribution in [2.24, 2.45) is 0 Å². The van der Waals surface area contributed by atoms with E-state index in [-0.39, 0.29) is 11.7 Å². The van der Waals surface area contributed by atoms with Gasteiger partial charge in [0.2, 0.25) is 0 Å². The van der Waals surface area contributed by atoms with Crippen molar-refractivity contribution in [3.8, 4) is 11.3 Å². The minimum absolute atomic E-state index is 0.0809. The Balaban J connectivity index is 2.56. The molecule has 2 aromatic rings. The van der Waals surface area contributed by atoms with Crippen LogP contribution in [0.5, 0.6) is 0 Å². The largest absolute Gasteiger partial charge is 0.388 e. The van der Waals surface area contributed by atoms with Crippen LogP contribution in [-0.2, 0) is 4.79 Å². The van der Waals surface area contributed by atoms with Gasteiger partial charge in [0, 0.05) is 56.1 Å². The van der Waals surface area contributed by atoms with E-state index in [1.54, 1.807) is 26.4 Å². The first-order valence-corrected chi connectivity index (χ1v) is 9.57. The molecule has 0 saturated carbocycles. The molecule has 0 bridgehead atoms. The minimum Gasteiger partial charge on any atom is -0.388 e. The monoisotopic (exact) mass is 379 g/mol. The third-order valence-electron chi connectivity index (χ3n) is 4.83. The Hall–Kier alpha value is -2.95. The van der Waals surface area contributed by atoms with Crippen molar-refractivity contribution < 1.29 is 9.59 Å². The second-order valence-electron chi connectivity index (χ2n) is 6.93. The average molecular weight is 380 g/mol. The maximum absolute atomic E-state index is 12.7. The minimum atomic E-state index is -0.0809. The molecule has 0 unspecified atom stereocenters. The lowest BCUT2D eigenvalue weighted by atomic mass is 9.91. The number of aromatic nitrogens is 1. The first-order chi connectivity index (χ1) is 13.3. The predicted octanol–water partition coefficient (Wildman–Crippen LogP) is 4.65. The first-order valence-electron chi connectivity index (χ1n) is 9.57. The summed E-state index contributed by atoms with van der Waals surface area (Å²) in [6.07, 6.45) is 2.86. The fourth-order valence-electron chi connectivity index (χ4n) is 3.05. The van der Waals surface area contributed by atoms with E-state index in [1.165, 1.54) is 4.90 Å². The Morgan fingerprint density at radius 2 is 1.79 bits per heavy atom. The van der Waals surface area contributed by atoms with E-state index in [4.69, 9.17) is 0 Å². The number of rotatable bonds is 7. The van der Waals surface area contributed by atoms with Crippen molar-refractivity contribution in [1.29, 1.82) is 0 Å². The van der Waals surface area contributed by atoms with Crippen molar-refractivity contribution in [1.82, 2.24) is 9.88 Å². The van der Waals surface area contributed by atoms with Gasteiger partial charge in [0.1, 0.15) is 0 Å². The molecule has 28 heavy (non-hydrogen) atoms. The maximum Gasteiger partial charge on any atom is 0.254 e. The smallest absolute Gasteiger partial charge is 0.254 e. The van der Waals surface area contributed by atoms with Gasteiger partial charge in [0.25, 0.3) is 5.91 Å². The van der Waals surface area contributed by atoms with E-state index in [0.717, 1.165) is 40.1 Å². The number of pyridine rings is 1. The Morgan fingerprint density at radius 3 is 2.29 bits per heavy atom. The van der Waals surface area contributed by atoms with E-state index in [1.807, 2.05) is 45.2 Å². The predicted molar refractivity (Wildman–Crippen MR) is 115 cm³/mol. The molecule has 0 fully saturated rings. The Bertz CT molecular complexity index is 897. The van der Waals surface area contributed by atoms with Crippen LogP contribution in [0.15, 0.2) is 42.1 Å². The molecule has 0 saturated heterocycles. The van der Waals surface area contributed by atoms with Crippen LogP contribution in [0.1, 0.15) is 49.5 Å². The molecule has 1 N–H and O–H groups in total. The highest BCUT2D eigenvalue weighted by atomic mass is 16.2. The molecule has 1 aromatic carbocycles.